The first kappa shape index (κ1) is 14.3. The molecule has 0 saturated carbocycles. The minimum atomic E-state index is 0.0421. The van der Waals surface area contributed by atoms with Crippen molar-refractivity contribution < 1.29 is 9.53 Å². The standard InChI is InChI=1S/C12H25N3O2/c1-11(2)14(3)6-4-5-13-12(16)15-7-9-17-10-8-15/h11H,4-10H2,1-3H3,(H,13,16). The van der Waals surface area contributed by atoms with Gasteiger partial charge in [0.15, 0.2) is 0 Å². The van der Waals surface area contributed by atoms with Crippen LogP contribution in [0.5, 0.6) is 0 Å². The molecule has 0 aromatic heterocycles. The number of nitrogens with one attached hydrogen (secondary N) is 1. The van der Waals surface area contributed by atoms with Gasteiger partial charge in [0.2, 0.25) is 0 Å². The maximum Gasteiger partial charge on any atom is 0.317 e. The minimum absolute atomic E-state index is 0.0421. The number of morpholine rings is 1. The van der Waals surface area contributed by atoms with Crippen molar-refractivity contribution in [3.05, 3.63) is 0 Å². The Morgan fingerprint density at radius 2 is 2.06 bits per heavy atom. The molecule has 1 aliphatic rings. The van der Waals surface area contributed by atoms with Crippen LogP contribution in [0.25, 0.3) is 0 Å². The molecule has 1 N–H and O–H groups in total. The average molecular weight is 243 g/mol. The summed E-state index contributed by atoms with van der Waals surface area (Å²) in [5.41, 5.74) is 0. The first-order chi connectivity index (χ1) is 8.11. The number of hydrogen-bond donors (Lipinski definition) is 1. The highest BCUT2D eigenvalue weighted by atomic mass is 16.5. The third-order valence-corrected chi connectivity index (χ3v) is 3.14. The van der Waals surface area contributed by atoms with Gasteiger partial charge in [0.05, 0.1) is 13.2 Å². The molecule has 1 rings (SSSR count). The van der Waals surface area contributed by atoms with E-state index in [-0.39, 0.29) is 6.03 Å². The molecule has 1 saturated heterocycles. The molecular formula is C12H25N3O2. The highest BCUT2D eigenvalue weighted by molar-refractivity contribution is 5.74. The fourth-order valence-electron chi connectivity index (χ4n) is 1.66. The largest absolute Gasteiger partial charge is 0.378 e. The minimum Gasteiger partial charge on any atom is -0.378 e. The van der Waals surface area contributed by atoms with Gasteiger partial charge in [0.25, 0.3) is 0 Å². The van der Waals surface area contributed by atoms with Crippen LogP contribution in [0.2, 0.25) is 0 Å². The molecule has 1 heterocycles. The summed E-state index contributed by atoms with van der Waals surface area (Å²) in [4.78, 5) is 15.8. The van der Waals surface area contributed by atoms with Gasteiger partial charge >= 0.3 is 6.03 Å². The number of hydrogen-bond acceptors (Lipinski definition) is 3. The Labute approximate surface area is 104 Å². The third-order valence-electron chi connectivity index (χ3n) is 3.14. The molecule has 0 bridgehead atoms. The van der Waals surface area contributed by atoms with Crippen molar-refractivity contribution in [3.8, 4) is 0 Å². The van der Waals surface area contributed by atoms with Gasteiger partial charge in [-0.15, -0.1) is 0 Å². The van der Waals surface area contributed by atoms with Crippen LogP contribution in [-0.2, 0) is 4.74 Å². The topological polar surface area (TPSA) is 44.8 Å². The molecule has 0 spiro atoms. The molecule has 0 aromatic rings. The Kier molecular flexibility index (Phi) is 6.29. The number of urea groups is 1. The summed E-state index contributed by atoms with van der Waals surface area (Å²) in [6.45, 7) is 8.83. The number of carbonyl (C=O) groups is 1. The quantitative estimate of drug-likeness (QED) is 0.725. The molecule has 1 aliphatic heterocycles. The zero-order valence-electron chi connectivity index (χ0n) is 11.2. The van der Waals surface area contributed by atoms with Gasteiger partial charge in [0, 0.05) is 25.7 Å². The fraction of sp³-hybridized carbons (Fsp3) is 0.917. The summed E-state index contributed by atoms with van der Waals surface area (Å²) < 4.78 is 5.20. The van der Waals surface area contributed by atoms with Crippen LogP contribution in [-0.4, -0.2) is 68.3 Å². The Bertz CT molecular complexity index is 228. The van der Waals surface area contributed by atoms with Gasteiger partial charge in [-0.05, 0) is 33.9 Å². The zero-order valence-corrected chi connectivity index (χ0v) is 11.2. The molecular weight excluding hydrogens is 218 g/mol. The number of carbonyl (C=O) groups excluding carboxylic acids is 1. The van der Waals surface area contributed by atoms with Gasteiger partial charge in [-0.1, -0.05) is 0 Å². The van der Waals surface area contributed by atoms with Crippen LogP contribution in [0.4, 0.5) is 4.79 Å². The van der Waals surface area contributed by atoms with Gasteiger partial charge in [-0.25, -0.2) is 4.79 Å². The number of rotatable bonds is 5. The Balaban J connectivity index is 2.07. The molecule has 17 heavy (non-hydrogen) atoms. The number of nitrogens with zero attached hydrogens (tertiary/aromatic N) is 2. The van der Waals surface area contributed by atoms with E-state index >= 15 is 0 Å². The predicted octanol–water partition coefficient (Wildman–Crippen LogP) is 0.759. The Morgan fingerprint density at radius 1 is 1.41 bits per heavy atom. The second kappa shape index (κ2) is 7.50. The first-order valence-electron chi connectivity index (χ1n) is 6.42. The summed E-state index contributed by atoms with van der Waals surface area (Å²) in [5.74, 6) is 0. The fourth-order valence-corrected chi connectivity index (χ4v) is 1.66. The van der Waals surface area contributed by atoms with Crippen LogP contribution in [0.3, 0.4) is 0 Å². The van der Waals surface area contributed by atoms with Gasteiger partial charge < -0.3 is 19.9 Å². The van der Waals surface area contributed by atoms with E-state index in [1.54, 1.807) is 0 Å². The second-order valence-electron chi connectivity index (χ2n) is 4.76. The van der Waals surface area contributed by atoms with Crippen molar-refractivity contribution in [1.82, 2.24) is 15.1 Å². The highest BCUT2D eigenvalue weighted by Gasteiger charge is 2.15. The highest BCUT2D eigenvalue weighted by Crippen LogP contribution is 1.98. The SMILES string of the molecule is CC(C)N(C)CCCNC(=O)N1CCOCC1. The molecule has 2 amide bonds. The monoisotopic (exact) mass is 243 g/mol. The number of ether oxygens (including phenoxy) is 1. The van der Waals surface area contributed by atoms with Crippen molar-refractivity contribution in [1.29, 1.82) is 0 Å². The van der Waals surface area contributed by atoms with E-state index in [9.17, 15) is 4.79 Å². The van der Waals surface area contributed by atoms with E-state index in [1.807, 2.05) is 4.90 Å². The Morgan fingerprint density at radius 3 is 2.65 bits per heavy atom. The third kappa shape index (κ3) is 5.37. The Hall–Kier alpha value is -0.810. The van der Waals surface area contributed by atoms with E-state index in [0.29, 0.717) is 32.3 Å². The molecule has 0 radical (unpaired) electrons. The lowest BCUT2D eigenvalue weighted by atomic mass is 10.3. The van der Waals surface area contributed by atoms with Gasteiger partial charge in [-0.3, -0.25) is 0 Å². The summed E-state index contributed by atoms with van der Waals surface area (Å²) in [5, 5.41) is 2.95. The molecule has 100 valence electrons. The van der Waals surface area contributed by atoms with Crippen LogP contribution in [0, 0.1) is 0 Å². The molecule has 5 heteroatoms. The van der Waals surface area contributed by atoms with Crippen molar-refractivity contribution in [2.75, 3.05) is 46.4 Å². The summed E-state index contributed by atoms with van der Waals surface area (Å²) in [6.07, 6.45) is 0.991. The number of amides is 2. The van der Waals surface area contributed by atoms with Crippen LogP contribution in [0.15, 0.2) is 0 Å². The smallest absolute Gasteiger partial charge is 0.317 e. The van der Waals surface area contributed by atoms with Crippen LogP contribution >= 0.6 is 0 Å². The average Bonchev–Trinajstić information content (AvgIpc) is 2.35. The van der Waals surface area contributed by atoms with Crippen molar-refractivity contribution in [2.45, 2.75) is 26.3 Å². The lowest BCUT2D eigenvalue weighted by Crippen LogP contribution is -2.46. The van der Waals surface area contributed by atoms with E-state index in [1.165, 1.54) is 0 Å². The van der Waals surface area contributed by atoms with Crippen LogP contribution in [0.1, 0.15) is 20.3 Å². The van der Waals surface area contributed by atoms with Gasteiger partial charge in [0.1, 0.15) is 0 Å². The molecule has 1 fully saturated rings. The molecule has 0 aliphatic carbocycles. The molecule has 0 atom stereocenters. The molecule has 0 aromatic carbocycles. The maximum absolute atomic E-state index is 11.7. The lowest BCUT2D eigenvalue weighted by Gasteiger charge is -2.27. The predicted molar refractivity (Wildman–Crippen MR) is 68.2 cm³/mol. The zero-order chi connectivity index (χ0) is 12.7. The van der Waals surface area contributed by atoms with E-state index in [2.05, 4.69) is 31.1 Å². The molecule has 5 nitrogen and oxygen atoms in total. The van der Waals surface area contributed by atoms with Crippen LogP contribution < -0.4 is 5.32 Å². The lowest BCUT2D eigenvalue weighted by molar-refractivity contribution is 0.0532. The summed E-state index contributed by atoms with van der Waals surface area (Å²) in [6, 6.07) is 0.602. The van der Waals surface area contributed by atoms with E-state index < -0.39 is 0 Å². The normalized spacial score (nSPS) is 16.6. The summed E-state index contributed by atoms with van der Waals surface area (Å²) in [7, 11) is 2.11. The van der Waals surface area contributed by atoms with Crippen molar-refractivity contribution in [3.63, 3.8) is 0 Å². The summed E-state index contributed by atoms with van der Waals surface area (Å²) >= 11 is 0. The van der Waals surface area contributed by atoms with Crippen molar-refractivity contribution in [2.24, 2.45) is 0 Å². The first-order valence-corrected chi connectivity index (χ1v) is 6.42. The van der Waals surface area contributed by atoms with E-state index in [4.69, 9.17) is 4.74 Å². The maximum atomic E-state index is 11.7. The second-order valence-corrected chi connectivity index (χ2v) is 4.76. The van der Waals surface area contributed by atoms with Gasteiger partial charge in [-0.2, -0.15) is 0 Å². The van der Waals surface area contributed by atoms with E-state index in [0.717, 1.165) is 19.5 Å². The van der Waals surface area contributed by atoms with Crippen molar-refractivity contribution >= 4 is 6.03 Å². The molecule has 0 unspecified atom stereocenters.